The molecule has 0 aliphatic heterocycles. The van der Waals surface area contributed by atoms with Crippen LogP contribution in [-0.2, 0) is 10.0 Å². The first-order valence-electron chi connectivity index (χ1n) is 4.40. The fourth-order valence-corrected chi connectivity index (χ4v) is 2.01. The Bertz CT molecular complexity index is 538. The van der Waals surface area contributed by atoms with Gasteiger partial charge >= 0.3 is 0 Å². The van der Waals surface area contributed by atoms with Crippen molar-refractivity contribution in [3.8, 4) is 6.07 Å². The van der Waals surface area contributed by atoms with Gasteiger partial charge in [-0.05, 0) is 19.1 Å². The molecule has 6 heteroatoms. The normalized spacial score (nSPS) is 11.9. The number of nitriles is 1. The summed E-state index contributed by atoms with van der Waals surface area (Å²) >= 11 is 0. The highest BCUT2D eigenvalue weighted by Gasteiger charge is 2.13. The minimum Gasteiger partial charge on any atom is -0.384 e. The summed E-state index contributed by atoms with van der Waals surface area (Å²) in [5.74, 6) is -0.205. The first kappa shape index (κ1) is 12.1. The fraction of sp³-hybridized carbons (Fsp3) is 0.100. The Hall–Kier alpha value is -2.00. The van der Waals surface area contributed by atoms with E-state index in [4.69, 9.17) is 11.0 Å². The van der Waals surface area contributed by atoms with Crippen LogP contribution in [0.1, 0.15) is 5.56 Å². The number of hydrogen-bond acceptors (Lipinski definition) is 4. The number of hydrogen-bond donors (Lipinski definition) is 2. The quantitative estimate of drug-likeness (QED) is 0.752. The number of nitrogens with one attached hydrogen (secondary N) is 1. The highest BCUT2D eigenvalue weighted by molar-refractivity contribution is 7.89. The molecule has 0 radical (unpaired) electrons. The van der Waals surface area contributed by atoms with E-state index >= 15 is 0 Å². The molecule has 16 heavy (non-hydrogen) atoms. The molecule has 84 valence electrons. The lowest BCUT2D eigenvalue weighted by Gasteiger charge is -2.07. The van der Waals surface area contributed by atoms with Gasteiger partial charge in [0.25, 0.3) is 10.0 Å². The van der Waals surface area contributed by atoms with Crippen molar-refractivity contribution in [2.45, 2.75) is 11.8 Å². The summed E-state index contributed by atoms with van der Waals surface area (Å²) in [6.07, 6.45) is 0.922. The number of aryl methyl sites for hydroxylation is 1. The summed E-state index contributed by atoms with van der Waals surface area (Å²) in [6.45, 7) is 1.85. The molecule has 1 rings (SSSR count). The predicted molar refractivity (Wildman–Crippen MR) is 59.4 cm³/mol. The molecule has 0 aromatic heterocycles. The third-order valence-electron chi connectivity index (χ3n) is 1.80. The van der Waals surface area contributed by atoms with Gasteiger partial charge in [-0.25, -0.2) is 8.42 Å². The van der Waals surface area contributed by atoms with Crippen molar-refractivity contribution in [2.24, 2.45) is 5.73 Å². The second-order valence-electron chi connectivity index (χ2n) is 3.15. The van der Waals surface area contributed by atoms with Crippen molar-refractivity contribution in [2.75, 3.05) is 0 Å². The average molecular weight is 237 g/mol. The minimum atomic E-state index is -3.69. The van der Waals surface area contributed by atoms with E-state index < -0.39 is 10.0 Å². The van der Waals surface area contributed by atoms with Gasteiger partial charge in [-0.2, -0.15) is 5.26 Å². The van der Waals surface area contributed by atoms with Crippen LogP contribution >= 0.6 is 0 Å². The number of rotatable bonds is 3. The highest BCUT2D eigenvalue weighted by atomic mass is 32.2. The predicted octanol–water partition coefficient (Wildman–Crippen LogP) is 0.597. The van der Waals surface area contributed by atoms with Crippen molar-refractivity contribution in [3.05, 3.63) is 41.7 Å². The van der Waals surface area contributed by atoms with Crippen LogP contribution in [0.25, 0.3) is 0 Å². The zero-order valence-corrected chi connectivity index (χ0v) is 9.45. The molecule has 5 nitrogen and oxygen atoms in total. The Morgan fingerprint density at radius 1 is 1.44 bits per heavy atom. The average Bonchev–Trinajstić information content (AvgIpc) is 2.17. The maximum Gasteiger partial charge on any atom is 0.262 e. The summed E-state index contributed by atoms with van der Waals surface area (Å²) in [7, 11) is -3.69. The molecule has 0 aliphatic rings. The maximum absolute atomic E-state index is 11.7. The molecule has 0 amide bonds. The molecule has 3 N–H and O–H groups in total. The van der Waals surface area contributed by atoms with Crippen molar-refractivity contribution in [1.82, 2.24) is 4.72 Å². The molecule has 0 bridgehead atoms. The zero-order chi connectivity index (χ0) is 12.2. The minimum absolute atomic E-state index is 0.104. The maximum atomic E-state index is 11.7. The molecular formula is C10H11N3O2S. The third-order valence-corrected chi connectivity index (χ3v) is 3.20. The van der Waals surface area contributed by atoms with Gasteiger partial charge < -0.3 is 5.73 Å². The summed E-state index contributed by atoms with van der Waals surface area (Å²) in [5, 5.41) is 8.30. The molecule has 0 atom stereocenters. The molecular weight excluding hydrogens is 226 g/mol. The molecule has 0 unspecified atom stereocenters. The lowest BCUT2D eigenvalue weighted by Crippen LogP contribution is -2.27. The van der Waals surface area contributed by atoms with Gasteiger partial charge in [0.15, 0.2) is 0 Å². The molecule has 0 fully saturated rings. The van der Waals surface area contributed by atoms with E-state index in [0.717, 1.165) is 11.6 Å². The van der Waals surface area contributed by atoms with E-state index in [1.165, 1.54) is 12.1 Å². The van der Waals surface area contributed by atoms with Gasteiger partial charge in [-0.15, -0.1) is 0 Å². The van der Waals surface area contributed by atoms with Gasteiger partial charge in [0.1, 0.15) is 5.82 Å². The van der Waals surface area contributed by atoms with E-state index in [2.05, 4.69) is 4.72 Å². The molecule has 1 aromatic carbocycles. The second-order valence-corrected chi connectivity index (χ2v) is 4.83. The highest BCUT2D eigenvalue weighted by Crippen LogP contribution is 2.10. The van der Waals surface area contributed by atoms with Crippen LogP contribution in [0.2, 0.25) is 0 Å². The van der Waals surface area contributed by atoms with Crippen LogP contribution in [0, 0.1) is 18.3 Å². The Labute approximate surface area is 94.2 Å². The van der Waals surface area contributed by atoms with Crippen LogP contribution in [-0.4, -0.2) is 8.42 Å². The molecule has 0 spiro atoms. The summed E-state index contributed by atoms with van der Waals surface area (Å²) in [4.78, 5) is 0.104. The fourth-order valence-electron chi connectivity index (χ4n) is 1.03. The van der Waals surface area contributed by atoms with Crippen molar-refractivity contribution in [1.29, 1.82) is 5.26 Å². The van der Waals surface area contributed by atoms with Crippen LogP contribution in [0.3, 0.4) is 0 Å². The van der Waals surface area contributed by atoms with Crippen molar-refractivity contribution < 1.29 is 8.42 Å². The van der Waals surface area contributed by atoms with Gasteiger partial charge in [0, 0.05) is 0 Å². The van der Waals surface area contributed by atoms with Gasteiger partial charge in [0.2, 0.25) is 0 Å². The van der Waals surface area contributed by atoms with Crippen LogP contribution in [0.15, 0.2) is 41.1 Å². The van der Waals surface area contributed by atoms with Gasteiger partial charge in [-0.1, -0.05) is 17.7 Å². The van der Waals surface area contributed by atoms with E-state index in [9.17, 15) is 8.42 Å². The standard InChI is InChI=1S/C10H11N3O2S/c1-8-2-4-9(5-3-8)16(14,15)13-10(12)6-7-11/h2-6,13H,12H2,1H3/b10-6+. The largest absolute Gasteiger partial charge is 0.384 e. The van der Waals surface area contributed by atoms with Crippen LogP contribution in [0.4, 0.5) is 0 Å². The topological polar surface area (TPSA) is 96.0 Å². The van der Waals surface area contributed by atoms with Crippen LogP contribution in [0.5, 0.6) is 0 Å². The number of allylic oxidation sites excluding steroid dienone is 1. The van der Waals surface area contributed by atoms with E-state index in [0.29, 0.717) is 0 Å². The summed E-state index contributed by atoms with van der Waals surface area (Å²) < 4.78 is 25.5. The number of nitrogens with two attached hydrogens (primary N) is 1. The lowest BCUT2D eigenvalue weighted by molar-refractivity contribution is 0.588. The third kappa shape index (κ3) is 3.00. The zero-order valence-electron chi connectivity index (χ0n) is 8.64. The Morgan fingerprint density at radius 2 is 2.00 bits per heavy atom. The second kappa shape index (κ2) is 4.68. The smallest absolute Gasteiger partial charge is 0.262 e. The first-order chi connectivity index (χ1) is 7.45. The van der Waals surface area contributed by atoms with Crippen molar-refractivity contribution >= 4 is 10.0 Å². The molecule has 0 aliphatic carbocycles. The Balaban J connectivity index is 3.00. The van der Waals surface area contributed by atoms with E-state index in [-0.39, 0.29) is 10.7 Å². The summed E-state index contributed by atoms with van der Waals surface area (Å²) in [6, 6.07) is 7.93. The van der Waals surface area contributed by atoms with Crippen LogP contribution < -0.4 is 10.5 Å². The monoisotopic (exact) mass is 237 g/mol. The van der Waals surface area contributed by atoms with E-state index in [1.54, 1.807) is 18.2 Å². The lowest BCUT2D eigenvalue weighted by atomic mass is 10.2. The summed E-state index contributed by atoms with van der Waals surface area (Å²) in [5.41, 5.74) is 6.24. The molecule has 0 saturated heterocycles. The van der Waals surface area contributed by atoms with Gasteiger partial charge in [-0.3, -0.25) is 4.72 Å². The number of sulfonamides is 1. The molecule has 0 heterocycles. The SMILES string of the molecule is Cc1ccc(S(=O)(=O)N/C(N)=C/C#N)cc1. The van der Waals surface area contributed by atoms with E-state index in [1.807, 2.05) is 6.92 Å². The Kier molecular flexibility index (Phi) is 3.53. The molecule has 1 aromatic rings. The number of nitrogens with zero attached hydrogens (tertiary/aromatic N) is 1. The van der Waals surface area contributed by atoms with Gasteiger partial charge in [0.05, 0.1) is 17.0 Å². The number of benzene rings is 1. The molecule has 0 saturated carbocycles. The first-order valence-corrected chi connectivity index (χ1v) is 5.89. The van der Waals surface area contributed by atoms with Crippen molar-refractivity contribution in [3.63, 3.8) is 0 Å². The Morgan fingerprint density at radius 3 is 2.50 bits per heavy atom.